The number of aryl methyl sites for hydroxylation is 1. The fourth-order valence-electron chi connectivity index (χ4n) is 3.33. The number of nitrogens with one attached hydrogen (secondary N) is 1. The summed E-state index contributed by atoms with van der Waals surface area (Å²) < 4.78 is 66.9. The fraction of sp³-hybridized carbons (Fsp3) is 0.200. The lowest BCUT2D eigenvalue weighted by Gasteiger charge is -2.24. The highest BCUT2D eigenvalue weighted by atomic mass is 32.2. The molecule has 3 aromatic carbocycles. The number of anilines is 1. The van der Waals surface area contributed by atoms with E-state index in [1.165, 1.54) is 36.5 Å². The van der Waals surface area contributed by atoms with Gasteiger partial charge in [0, 0.05) is 0 Å². The Bertz CT molecular complexity index is 1360. The van der Waals surface area contributed by atoms with Crippen molar-refractivity contribution in [1.82, 2.24) is 5.43 Å². The highest BCUT2D eigenvalue weighted by Gasteiger charge is 2.33. The molecule has 0 saturated heterocycles. The van der Waals surface area contributed by atoms with Crippen molar-refractivity contribution in [3.8, 4) is 0 Å². The summed E-state index contributed by atoms with van der Waals surface area (Å²) in [7, 11) is -4.35. The Morgan fingerprint density at radius 2 is 1.66 bits per heavy atom. The minimum absolute atomic E-state index is 0.167. The Labute approximate surface area is 202 Å². The predicted octanol–water partition coefficient (Wildman–Crippen LogP) is 4.98. The average molecular weight is 504 g/mol. The van der Waals surface area contributed by atoms with Crippen molar-refractivity contribution in [2.75, 3.05) is 10.8 Å². The number of halogens is 3. The first-order valence-electron chi connectivity index (χ1n) is 10.5. The maximum atomic E-state index is 13.3. The van der Waals surface area contributed by atoms with Crippen LogP contribution in [0.4, 0.5) is 18.9 Å². The highest BCUT2D eigenvalue weighted by molar-refractivity contribution is 7.92. The van der Waals surface area contributed by atoms with E-state index in [1.54, 1.807) is 6.07 Å². The van der Waals surface area contributed by atoms with Gasteiger partial charge >= 0.3 is 6.18 Å². The van der Waals surface area contributed by atoms with Gasteiger partial charge in [0.25, 0.3) is 15.9 Å². The van der Waals surface area contributed by atoms with Crippen molar-refractivity contribution >= 4 is 27.8 Å². The maximum absolute atomic E-state index is 13.3. The first-order valence-corrected chi connectivity index (χ1v) is 12.0. The molecule has 1 N–H and O–H groups in total. The molecule has 0 spiro atoms. The first kappa shape index (κ1) is 26.0. The third kappa shape index (κ3) is 6.07. The van der Waals surface area contributed by atoms with E-state index >= 15 is 0 Å². The van der Waals surface area contributed by atoms with Gasteiger partial charge in [-0.15, -0.1) is 0 Å². The molecule has 10 heteroatoms. The highest BCUT2D eigenvalue weighted by Crippen LogP contribution is 2.33. The van der Waals surface area contributed by atoms with E-state index in [2.05, 4.69) is 10.5 Å². The zero-order chi connectivity index (χ0) is 25.8. The monoisotopic (exact) mass is 503 g/mol. The summed E-state index contributed by atoms with van der Waals surface area (Å²) in [5.41, 5.74) is 4.84. The normalized spacial score (nSPS) is 12.1. The number of hydrazone groups is 1. The van der Waals surface area contributed by atoms with E-state index < -0.39 is 34.2 Å². The van der Waals surface area contributed by atoms with E-state index in [0.717, 1.165) is 34.4 Å². The van der Waals surface area contributed by atoms with Gasteiger partial charge < -0.3 is 0 Å². The van der Waals surface area contributed by atoms with Crippen molar-refractivity contribution in [2.45, 2.75) is 31.8 Å². The molecule has 0 heterocycles. The average Bonchev–Trinajstić information content (AvgIpc) is 2.82. The fourth-order valence-corrected chi connectivity index (χ4v) is 4.76. The number of alkyl halides is 3. The Morgan fingerprint density at radius 3 is 2.31 bits per heavy atom. The lowest BCUT2D eigenvalue weighted by molar-refractivity contribution is -0.137. The smallest absolute Gasteiger partial charge is 0.271 e. The van der Waals surface area contributed by atoms with Gasteiger partial charge in [-0.05, 0) is 73.4 Å². The molecule has 35 heavy (non-hydrogen) atoms. The van der Waals surface area contributed by atoms with E-state index in [9.17, 15) is 26.4 Å². The third-order valence-corrected chi connectivity index (χ3v) is 7.36. The number of carbonyl (C=O) groups is 1. The zero-order valence-corrected chi connectivity index (χ0v) is 20.1. The van der Waals surface area contributed by atoms with Gasteiger partial charge in [0.2, 0.25) is 0 Å². The van der Waals surface area contributed by atoms with Crippen molar-refractivity contribution in [1.29, 1.82) is 0 Å². The molecule has 0 aromatic heterocycles. The number of carbonyl (C=O) groups excluding carboxylic acids is 1. The van der Waals surface area contributed by atoms with E-state index in [1.807, 2.05) is 32.9 Å². The summed E-state index contributed by atoms with van der Waals surface area (Å²) in [6.45, 7) is 5.07. The van der Waals surface area contributed by atoms with Crippen molar-refractivity contribution in [3.05, 3.63) is 94.5 Å². The minimum atomic E-state index is -4.69. The molecular weight excluding hydrogens is 479 g/mol. The molecule has 1 amide bonds. The number of amides is 1. The molecular formula is C25H24F3N3O3S. The van der Waals surface area contributed by atoms with E-state index in [-0.39, 0.29) is 10.6 Å². The summed E-state index contributed by atoms with van der Waals surface area (Å²) >= 11 is 0. The second-order valence-corrected chi connectivity index (χ2v) is 9.75. The summed E-state index contributed by atoms with van der Waals surface area (Å²) in [6, 6.07) is 14.7. The number of nitrogens with zero attached hydrogens (tertiary/aromatic N) is 2. The summed E-state index contributed by atoms with van der Waals surface area (Å²) in [6.07, 6.45) is -3.26. The molecule has 184 valence electrons. The second-order valence-electron chi connectivity index (χ2n) is 7.89. The van der Waals surface area contributed by atoms with Crippen LogP contribution in [-0.4, -0.2) is 27.1 Å². The van der Waals surface area contributed by atoms with Crippen molar-refractivity contribution in [3.63, 3.8) is 0 Å². The lowest BCUT2D eigenvalue weighted by Crippen LogP contribution is -2.39. The van der Waals surface area contributed by atoms with Gasteiger partial charge in [0.15, 0.2) is 0 Å². The van der Waals surface area contributed by atoms with Gasteiger partial charge in [-0.1, -0.05) is 36.4 Å². The van der Waals surface area contributed by atoms with Gasteiger partial charge in [-0.25, -0.2) is 13.8 Å². The van der Waals surface area contributed by atoms with Crippen LogP contribution in [0.1, 0.15) is 27.8 Å². The van der Waals surface area contributed by atoms with Crippen molar-refractivity contribution in [2.24, 2.45) is 5.10 Å². The first-order chi connectivity index (χ1) is 16.4. The van der Waals surface area contributed by atoms with Gasteiger partial charge in [-0.3, -0.25) is 9.10 Å². The number of hydrogen-bond acceptors (Lipinski definition) is 4. The number of hydrogen-bond donors (Lipinski definition) is 1. The number of rotatable bonds is 7. The molecule has 0 unspecified atom stereocenters. The summed E-state index contributed by atoms with van der Waals surface area (Å²) in [4.78, 5) is 12.5. The number of benzene rings is 3. The van der Waals surface area contributed by atoms with Gasteiger partial charge in [-0.2, -0.15) is 18.3 Å². The SMILES string of the molecule is Cc1ccc(/C=N/NC(=O)CN(c2cccc(C(F)(F)F)c2)S(=O)(=O)c2ccccc2)c(C)c1C. The largest absolute Gasteiger partial charge is 0.416 e. The molecule has 0 radical (unpaired) electrons. The van der Waals surface area contributed by atoms with Crippen LogP contribution < -0.4 is 9.73 Å². The third-order valence-electron chi connectivity index (χ3n) is 5.57. The molecule has 0 fully saturated rings. The van der Waals surface area contributed by atoms with E-state index in [0.29, 0.717) is 10.4 Å². The van der Waals surface area contributed by atoms with Crippen LogP contribution in [-0.2, 0) is 21.0 Å². The lowest BCUT2D eigenvalue weighted by atomic mass is 10.00. The van der Waals surface area contributed by atoms with Crippen molar-refractivity contribution < 1.29 is 26.4 Å². The summed E-state index contributed by atoms with van der Waals surface area (Å²) in [5.74, 6) is -0.820. The molecule has 0 atom stereocenters. The zero-order valence-electron chi connectivity index (χ0n) is 19.3. The van der Waals surface area contributed by atoms with Crippen LogP contribution >= 0.6 is 0 Å². The Balaban J connectivity index is 1.90. The topological polar surface area (TPSA) is 78.8 Å². The quantitative estimate of drug-likeness (QED) is 0.365. The van der Waals surface area contributed by atoms with Crippen LogP contribution in [0.15, 0.2) is 76.7 Å². The van der Waals surface area contributed by atoms with Crippen LogP contribution in [0.2, 0.25) is 0 Å². The van der Waals surface area contributed by atoms with Crippen LogP contribution in [0.5, 0.6) is 0 Å². The molecule has 0 bridgehead atoms. The van der Waals surface area contributed by atoms with Crippen LogP contribution in [0.25, 0.3) is 0 Å². The Kier molecular flexibility index (Phi) is 7.64. The van der Waals surface area contributed by atoms with Crippen LogP contribution in [0, 0.1) is 20.8 Å². The molecule has 3 rings (SSSR count). The molecule has 3 aromatic rings. The standard InChI is InChI=1S/C25H24F3N3O3S/c1-17-12-13-20(19(3)18(17)2)15-29-30-24(32)16-31(35(33,34)23-10-5-4-6-11-23)22-9-7-8-21(14-22)25(26,27)28/h4-15H,16H2,1-3H3,(H,30,32)/b29-15+. The molecule has 0 aliphatic heterocycles. The Morgan fingerprint density at radius 1 is 0.971 bits per heavy atom. The van der Waals surface area contributed by atoms with Gasteiger partial charge in [0.05, 0.1) is 22.4 Å². The predicted molar refractivity (Wildman–Crippen MR) is 129 cm³/mol. The molecule has 0 saturated carbocycles. The minimum Gasteiger partial charge on any atom is -0.271 e. The molecule has 0 aliphatic carbocycles. The van der Waals surface area contributed by atoms with Crippen LogP contribution in [0.3, 0.4) is 0 Å². The Hall–Kier alpha value is -3.66. The van der Waals surface area contributed by atoms with Gasteiger partial charge in [0.1, 0.15) is 6.54 Å². The molecule has 6 nitrogen and oxygen atoms in total. The summed E-state index contributed by atoms with van der Waals surface area (Å²) in [5, 5.41) is 3.91. The second kappa shape index (κ2) is 10.3. The van der Waals surface area contributed by atoms with E-state index in [4.69, 9.17) is 0 Å². The molecule has 0 aliphatic rings. The maximum Gasteiger partial charge on any atom is 0.416 e. The number of sulfonamides is 1.